The molecule has 0 aliphatic rings. The zero-order valence-corrected chi connectivity index (χ0v) is 15.0. The van der Waals surface area contributed by atoms with Crippen LogP contribution >= 0.6 is 0 Å². The monoisotopic (exact) mass is 358 g/mol. The zero-order valence-electron chi connectivity index (χ0n) is 15.0. The molecule has 0 heterocycles. The molecule has 0 radical (unpaired) electrons. The molecule has 0 aromatic heterocycles. The smallest absolute Gasteiger partial charge is 0.118 e. The third-order valence-corrected chi connectivity index (χ3v) is 3.77. The van der Waals surface area contributed by atoms with Crippen LogP contribution < -0.4 is 4.74 Å². The van der Waals surface area contributed by atoms with Crippen molar-refractivity contribution in [1.29, 1.82) is 0 Å². The minimum Gasteiger partial charge on any atom is -0.497 e. The number of hydrogen-bond donors (Lipinski definition) is 2. The summed E-state index contributed by atoms with van der Waals surface area (Å²) in [6.45, 7) is 1.28. The van der Waals surface area contributed by atoms with Crippen molar-refractivity contribution in [1.82, 2.24) is 0 Å². The molecule has 0 spiro atoms. The summed E-state index contributed by atoms with van der Waals surface area (Å²) in [7, 11) is 1.61. The van der Waals surface area contributed by atoms with Crippen LogP contribution in [0.1, 0.15) is 11.1 Å². The SMILES string of the molecule is COc1ccc(COC[C@H](O)[C@@H](O)/C=C\COCc2ccccc2)cc1. The molecular formula is C21H26O5. The highest BCUT2D eigenvalue weighted by atomic mass is 16.5. The zero-order chi connectivity index (χ0) is 18.6. The number of benzene rings is 2. The van der Waals surface area contributed by atoms with Crippen LogP contribution in [0.25, 0.3) is 0 Å². The minimum absolute atomic E-state index is 0.0441. The molecule has 5 heteroatoms. The predicted molar refractivity (Wildman–Crippen MR) is 99.9 cm³/mol. The number of hydrogen-bond acceptors (Lipinski definition) is 5. The first-order valence-electron chi connectivity index (χ1n) is 8.54. The van der Waals surface area contributed by atoms with Crippen molar-refractivity contribution in [2.75, 3.05) is 20.3 Å². The molecule has 0 aliphatic carbocycles. The van der Waals surface area contributed by atoms with Gasteiger partial charge < -0.3 is 24.4 Å². The molecule has 0 fully saturated rings. The first kappa shape index (κ1) is 20.1. The Hall–Kier alpha value is -2.18. The average Bonchev–Trinajstić information content (AvgIpc) is 2.68. The van der Waals surface area contributed by atoms with Gasteiger partial charge in [-0.15, -0.1) is 0 Å². The van der Waals surface area contributed by atoms with Crippen LogP contribution in [0.4, 0.5) is 0 Å². The molecule has 2 aromatic carbocycles. The van der Waals surface area contributed by atoms with E-state index in [1.54, 1.807) is 13.2 Å². The number of methoxy groups -OCH3 is 1. The number of ether oxygens (including phenoxy) is 3. The Morgan fingerprint density at radius 1 is 0.885 bits per heavy atom. The van der Waals surface area contributed by atoms with Crippen LogP contribution in [0.5, 0.6) is 5.75 Å². The minimum atomic E-state index is -0.994. The van der Waals surface area contributed by atoms with Crippen molar-refractivity contribution in [3.63, 3.8) is 0 Å². The van der Waals surface area contributed by atoms with Gasteiger partial charge in [0.15, 0.2) is 0 Å². The number of aliphatic hydroxyl groups excluding tert-OH is 2. The first-order valence-corrected chi connectivity index (χ1v) is 8.54. The van der Waals surface area contributed by atoms with Gasteiger partial charge in [-0.25, -0.2) is 0 Å². The maximum absolute atomic E-state index is 9.93. The van der Waals surface area contributed by atoms with E-state index in [2.05, 4.69) is 0 Å². The maximum atomic E-state index is 9.93. The van der Waals surface area contributed by atoms with Gasteiger partial charge in [-0.1, -0.05) is 54.6 Å². The molecule has 0 aliphatic heterocycles. The lowest BCUT2D eigenvalue weighted by Crippen LogP contribution is -2.28. The van der Waals surface area contributed by atoms with Crippen LogP contribution in [0.3, 0.4) is 0 Å². The molecule has 140 valence electrons. The van der Waals surface area contributed by atoms with Gasteiger partial charge in [0.05, 0.1) is 33.5 Å². The van der Waals surface area contributed by atoms with Gasteiger partial charge in [0.2, 0.25) is 0 Å². The Bertz CT molecular complexity index is 639. The summed E-state index contributed by atoms with van der Waals surface area (Å²) < 4.78 is 16.0. The van der Waals surface area contributed by atoms with Gasteiger partial charge in [-0.3, -0.25) is 0 Å². The molecule has 5 nitrogen and oxygen atoms in total. The van der Waals surface area contributed by atoms with E-state index in [0.29, 0.717) is 19.8 Å². The van der Waals surface area contributed by atoms with Gasteiger partial charge in [-0.2, -0.15) is 0 Å². The van der Waals surface area contributed by atoms with Crippen molar-refractivity contribution in [2.24, 2.45) is 0 Å². The molecule has 2 atom stereocenters. The molecule has 0 unspecified atom stereocenters. The summed E-state index contributed by atoms with van der Waals surface area (Å²) in [5.74, 6) is 0.781. The third-order valence-electron chi connectivity index (χ3n) is 3.77. The Balaban J connectivity index is 1.61. The summed E-state index contributed by atoms with van der Waals surface area (Å²) >= 11 is 0. The molecule has 2 aromatic rings. The van der Waals surface area contributed by atoms with Crippen LogP contribution in [0.2, 0.25) is 0 Å². The molecule has 2 rings (SSSR count). The van der Waals surface area contributed by atoms with Crippen molar-refractivity contribution in [2.45, 2.75) is 25.4 Å². The van der Waals surface area contributed by atoms with Crippen LogP contribution in [-0.4, -0.2) is 42.7 Å². The van der Waals surface area contributed by atoms with Crippen molar-refractivity contribution >= 4 is 0 Å². The van der Waals surface area contributed by atoms with E-state index < -0.39 is 12.2 Å². The fraction of sp³-hybridized carbons (Fsp3) is 0.333. The second-order valence-corrected chi connectivity index (χ2v) is 5.85. The second-order valence-electron chi connectivity index (χ2n) is 5.85. The molecule has 0 saturated heterocycles. The predicted octanol–water partition coefficient (Wildman–Crippen LogP) is 2.71. The van der Waals surface area contributed by atoms with Gasteiger partial charge in [0, 0.05) is 0 Å². The number of rotatable bonds is 11. The van der Waals surface area contributed by atoms with Crippen molar-refractivity contribution < 1.29 is 24.4 Å². The van der Waals surface area contributed by atoms with Gasteiger partial charge >= 0.3 is 0 Å². The van der Waals surface area contributed by atoms with E-state index in [1.165, 1.54) is 6.08 Å². The van der Waals surface area contributed by atoms with Crippen LogP contribution in [-0.2, 0) is 22.7 Å². The lowest BCUT2D eigenvalue weighted by atomic mass is 10.2. The summed E-state index contributed by atoms with van der Waals surface area (Å²) in [5.41, 5.74) is 2.06. The molecule has 2 N–H and O–H groups in total. The standard InChI is InChI=1S/C21H26O5/c1-24-19-11-9-18(10-12-19)15-26-16-21(23)20(22)8-5-13-25-14-17-6-3-2-4-7-17/h2-12,20-23H,13-16H2,1H3/b8-5-/t20-,21-/m0/s1. The van der Waals surface area contributed by atoms with Gasteiger partial charge in [-0.05, 0) is 23.3 Å². The fourth-order valence-electron chi connectivity index (χ4n) is 2.26. The maximum Gasteiger partial charge on any atom is 0.118 e. The van der Waals surface area contributed by atoms with E-state index in [1.807, 2.05) is 54.6 Å². The molecule has 0 saturated carbocycles. The molecule has 0 bridgehead atoms. The van der Waals surface area contributed by atoms with Crippen LogP contribution in [0, 0.1) is 0 Å². The van der Waals surface area contributed by atoms with E-state index >= 15 is 0 Å². The molecular weight excluding hydrogens is 332 g/mol. The van der Waals surface area contributed by atoms with E-state index in [4.69, 9.17) is 14.2 Å². The Labute approximate surface area is 154 Å². The summed E-state index contributed by atoms with van der Waals surface area (Å²) in [6, 6.07) is 17.3. The van der Waals surface area contributed by atoms with E-state index in [9.17, 15) is 10.2 Å². The highest BCUT2D eigenvalue weighted by Gasteiger charge is 2.13. The Kier molecular flexibility index (Phi) is 8.86. The van der Waals surface area contributed by atoms with Gasteiger partial charge in [0.25, 0.3) is 0 Å². The van der Waals surface area contributed by atoms with Crippen LogP contribution in [0.15, 0.2) is 66.7 Å². The average molecular weight is 358 g/mol. The highest BCUT2D eigenvalue weighted by molar-refractivity contribution is 5.26. The summed E-state index contributed by atoms with van der Waals surface area (Å²) in [6.07, 6.45) is 1.23. The number of aliphatic hydroxyl groups is 2. The van der Waals surface area contributed by atoms with E-state index in [0.717, 1.165) is 16.9 Å². The van der Waals surface area contributed by atoms with Crippen molar-refractivity contribution in [3.05, 3.63) is 77.9 Å². The normalized spacial score (nSPS) is 13.7. The lowest BCUT2D eigenvalue weighted by molar-refractivity contribution is -0.0250. The van der Waals surface area contributed by atoms with Gasteiger partial charge in [0.1, 0.15) is 18.0 Å². The Morgan fingerprint density at radius 3 is 2.23 bits per heavy atom. The fourth-order valence-corrected chi connectivity index (χ4v) is 2.26. The highest BCUT2D eigenvalue weighted by Crippen LogP contribution is 2.12. The van der Waals surface area contributed by atoms with E-state index in [-0.39, 0.29) is 6.61 Å². The largest absolute Gasteiger partial charge is 0.497 e. The summed E-state index contributed by atoms with van der Waals surface area (Å²) in [4.78, 5) is 0. The lowest BCUT2D eigenvalue weighted by Gasteiger charge is -2.15. The molecule has 0 amide bonds. The molecule has 26 heavy (non-hydrogen) atoms. The van der Waals surface area contributed by atoms with Crippen molar-refractivity contribution in [3.8, 4) is 5.75 Å². The summed E-state index contributed by atoms with van der Waals surface area (Å²) in [5, 5.41) is 19.8. The second kappa shape index (κ2) is 11.4. The topological polar surface area (TPSA) is 68.2 Å². The first-order chi connectivity index (χ1) is 12.7. The Morgan fingerprint density at radius 2 is 1.54 bits per heavy atom. The quantitative estimate of drug-likeness (QED) is 0.477. The third kappa shape index (κ3) is 7.37.